The SMILES string of the molecule is CC(C)C(=O)Oc1ccc(C(C(=O)O)N2C(=O)CCC2=O)cc1OC(=O)C(C)C. The number of rotatable bonds is 7. The normalized spacial score (nSPS) is 15.0. The van der Waals surface area contributed by atoms with Crippen molar-refractivity contribution in [3.8, 4) is 11.5 Å². The Labute approximate surface area is 167 Å². The molecule has 1 fully saturated rings. The minimum atomic E-state index is -1.58. The molecule has 0 bridgehead atoms. The van der Waals surface area contributed by atoms with Crippen molar-refractivity contribution in [2.24, 2.45) is 11.8 Å². The number of benzene rings is 1. The van der Waals surface area contributed by atoms with Crippen molar-refractivity contribution in [1.29, 1.82) is 0 Å². The van der Waals surface area contributed by atoms with Crippen LogP contribution < -0.4 is 9.47 Å². The van der Waals surface area contributed by atoms with Gasteiger partial charge < -0.3 is 14.6 Å². The molecule has 1 aliphatic heterocycles. The number of likely N-dealkylation sites (tertiary alicyclic amines) is 1. The average molecular weight is 405 g/mol. The number of esters is 2. The third-order valence-corrected chi connectivity index (χ3v) is 4.23. The molecule has 9 heteroatoms. The summed E-state index contributed by atoms with van der Waals surface area (Å²) in [6.07, 6.45) is -0.135. The van der Waals surface area contributed by atoms with Crippen LogP contribution in [0.15, 0.2) is 18.2 Å². The molecular weight excluding hydrogens is 382 g/mol. The molecule has 1 unspecified atom stereocenters. The largest absolute Gasteiger partial charge is 0.479 e. The standard InChI is InChI=1S/C20H23NO8/c1-10(2)19(26)28-13-6-5-12(9-14(13)29-20(27)11(3)4)17(18(24)25)21-15(22)7-8-16(21)23/h5-6,9-11,17H,7-8H2,1-4H3,(H,24,25). The van der Waals surface area contributed by atoms with Crippen molar-refractivity contribution in [1.82, 2.24) is 4.90 Å². The second-order valence-corrected chi connectivity index (χ2v) is 7.26. The number of amides is 2. The predicted octanol–water partition coefficient (Wildman–Crippen LogP) is 2.08. The molecule has 1 N–H and O–H groups in total. The molecule has 0 spiro atoms. The summed E-state index contributed by atoms with van der Waals surface area (Å²) in [4.78, 5) is 60.6. The van der Waals surface area contributed by atoms with Gasteiger partial charge in [-0.3, -0.25) is 24.1 Å². The minimum absolute atomic E-state index is 0.0389. The minimum Gasteiger partial charge on any atom is -0.479 e. The number of nitrogens with zero attached hydrogens (tertiary/aromatic N) is 1. The second kappa shape index (κ2) is 8.85. The molecule has 0 aliphatic carbocycles. The molecule has 2 amide bonds. The summed E-state index contributed by atoms with van der Waals surface area (Å²) in [6.45, 7) is 6.46. The van der Waals surface area contributed by atoms with E-state index < -0.39 is 47.6 Å². The maximum Gasteiger partial charge on any atom is 0.331 e. The maximum absolute atomic E-state index is 12.1. The third kappa shape index (κ3) is 4.98. The fourth-order valence-corrected chi connectivity index (χ4v) is 2.60. The summed E-state index contributed by atoms with van der Waals surface area (Å²) in [5.41, 5.74) is 0.0389. The summed E-state index contributed by atoms with van der Waals surface area (Å²) in [7, 11) is 0. The number of aliphatic carboxylic acids is 1. The van der Waals surface area contributed by atoms with Gasteiger partial charge in [-0.2, -0.15) is 0 Å². The highest BCUT2D eigenvalue weighted by molar-refractivity contribution is 6.05. The number of carbonyl (C=O) groups is 5. The van der Waals surface area contributed by atoms with Crippen LogP contribution in [-0.4, -0.2) is 39.7 Å². The Morgan fingerprint density at radius 3 is 1.83 bits per heavy atom. The summed E-state index contributed by atoms with van der Waals surface area (Å²) < 4.78 is 10.5. The number of carbonyl (C=O) groups excluding carboxylic acids is 4. The van der Waals surface area contributed by atoms with Gasteiger partial charge in [-0.05, 0) is 17.7 Å². The Bertz CT molecular complexity index is 842. The molecule has 1 aromatic carbocycles. The average Bonchev–Trinajstić information content (AvgIpc) is 2.95. The lowest BCUT2D eigenvalue weighted by atomic mass is 10.0. The lowest BCUT2D eigenvalue weighted by molar-refractivity contribution is -0.154. The highest BCUT2D eigenvalue weighted by Crippen LogP contribution is 2.35. The first-order chi connectivity index (χ1) is 13.5. The summed E-state index contributed by atoms with van der Waals surface area (Å²) >= 11 is 0. The monoisotopic (exact) mass is 405 g/mol. The molecule has 1 heterocycles. The fourth-order valence-electron chi connectivity index (χ4n) is 2.60. The van der Waals surface area contributed by atoms with E-state index in [-0.39, 0.29) is 29.9 Å². The molecule has 29 heavy (non-hydrogen) atoms. The molecule has 0 radical (unpaired) electrons. The Balaban J connectivity index is 2.50. The zero-order chi connectivity index (χ0) is 21.9. The molecule has 2 rings (SSSR count). The van der Waals surface area contributed by atoms with Gasteiger partial charge in [0, 0.05) is 12.8 Å². The van der Waals surface area contributed by atoms with Crippen molar-refractivity contribution in [3.63, 3.8) is 0 Å². The van der Waals surface area contributed by atoms with Gasteiger partial charge in [0.25, 0.3) is 0 Å². The quantitative estimate of drug-likeness (QED) is 0.415. The topological polar surface area (TPSA) is 127 Å². The van der Waals surface area contributed by atoms with E-state index in [4.69, 9.17) is 9.47 Å². The van der Waals surface area contributed by atoms with Crippen molar-refractivity contribution < 1.29 is 38.6 Å². The molecule has 1 atom stereocenters. The van der Waals surface area contributed by atoms with Gasteiger partial charge in [0.05, 0.1) is 11.8 Å². The molecule has 156 valence electrons. The first-order valence-corrected chi connectivity index (χ1v) is 9.18. The molecular formula is C20H23NO8. The fraction of sp³-hybridized carbons (Fsp3) is 0.450. The van der Waals surface area contributed by atoms with E-state index in [2.05, 4.69) is 0 Å². The van der Waals surface area contributed by atoms with E-state index in [0.717, 1.165) is 0 Å². The van der Waals surface area contributed by atoms with Crippen molar-refractivity contribution >= 4 is 29.7 Å². The Morgan fingerprint density at radius 2 is 1.38 bits per heavy atom. The number of hydrogen-bond donors (Lipinski definition) is 1. The van der Waals surface area contributed by atoms with Crippen LogP contribution in [-0.2, 0) is 24.0 Å². The van der Waals surface area contributed by atoms with E-state index in [1.165, 1.54) is 18.2 Å². The smallest absolute Gasteiger partial charge is 0.331 e. The van der Waals surface area contributed by atoms with E-state index >= 15 is 0 Å². The first-order valence-electron chi connectivity index (χ1n) is 9.18. The number of ether oxygens (including phenoxy) is 2. The number of imide groups is 1. The molecule has 9 nitrogen and oxygen atoms in total. The van der Waals surface area contributed by atoms with Crippen LogP contribution in [0.4, 0.5) is 0 Å². The van der Waals surface area contributed by atoms with Crippen LogP contribution >= 0.6 is 0 Å². The van der Waals surface area contributed by atoms with Gasteiger partial charge in [-0.1, -0.05) is 33.8 Å². The summed E-state index contributed by atoms with van der Waals surface area (Å²) in [6, 6.07) is 2.21. The van der Waals surface area contributed by atoms with Gasteiger partial charge in [0.2, 0.25) is 11.8 Å². The van der Waals surface area contributed by atoms with E-state index in [9.17, 15) is 29.1 Å². The lowest BCUT2D eigenvalue weighted by Gasteiger charge is -2.23. The van der Waals surface area contributed by atoms with Crippen LogP contribution in [0, 0.1) is 11.8 Å². The molecule has 1 aliphatic rings. The van der Waals surface area contributed by atoms with Crippen LogP contribution in [0.5, 0.6) is 11.5 Å². The maximum atomic E-state index is 12.1. The Morgan fingerprint density at radius 1 is 0.897 bits per heavy atom. The number of hydrogen-bond acceptors (Lipinski definition) is 7. The van der Waals surface area contributed by atoms with Crippen LogP contribution in [0.1, 0.15) is 52.1 Å². The predicted molar refractivity (Wildman–Crippen MR) is 98.9 cm³/mol. The zero-order valence-corrected chi connectivity index (χ0v) is 16.6. The van der Waals surface area contributed by atoms with Crippen molar-refractivity contribution in [3.05, 3.63) is 23.8 Å². The van der Waals surface area contributed by atoms with Crippen molar-refractivity contribution in [2.45, 2.75) is 46.6 Å². The second-order valence-electron chi connectivity index (χ2n) is 7.26. The number of carboxylic acid groups (broad SMARTS) is 1. The van der Waals surface area contributed by atoms with Gasteiger partial charge in [-0.15, -0.1) is 0 Å². The molecule has 0 saturated carbocycles. The third-order valence-electron chi connectivity index (χ3n) is 4.23. The van der Waals surface area contributed by atoms with Gasteiger partial charge in [0.15, 0.2) is 17.5 Å². The Kier molecular flexibility index (Phi) is 6.73. The van der Waals surface area contributed by atoms with Crippen LogP contribution in [0.25, 0.3) is 0 Å². The number of carboxylic acids is 1. The van der Waals surface area contributed by atoms with E-state index in [1.807, 2.05) is 0 Å². The highest BCUT2D eigenvalue weighted by Gasteiger charge is 2.40. The zero-order valence-electron chi connectivity index (χ0n) is 16.6. The van der Waals surface area contributed by atoms with Crippen molar-refractivity contribution in [2.75, 3.05) is 0 Å². The van der Waals surface area contributed by atoms with Crippen LogP contribution in [0.3, 0.4) is 0 Å². The van der Waals surface area contributed by atoms with Gasteiger partial charge >= 0.3 is 17.9 Å². The summed E-state index contributed by atoms with van der Waals surface area (Å²) in [5.74, 6) is -4.98. The van der Waals surface area contributed by atoms with E-state index in [1.54, 1.807) is 27.7 Å². The lowest BCUT2D eigenvalue weighted by Crippen LogP contribution is -2.38. The molecule has 1 saturated heterocycles. The molecule has 1 aromatic rings. The summed E-state index contributed by atoms with van der Waals surface area (Å²) in [5, 5.41) is 9.63. The molecule has 0 aromatic heterocycles. The first kappa shape index (κ1) is 22.1. The van der Waals surface area contributed by atoms with Gasteiger partial charge in [0.1, 0.15) is 0 Å². The van der Waals surface area contributed by atoms with Gasteiger partial charge in [-0.25, -0.2) is 4.79 Å². The van der Waals surface area contributed by atoms with E-state index in [0.29, 0.717) is 4.90 Å². The Hall–Kier alpha value is -3.23. The highest BCUT2D eigenvalue weighted by atomic mass is 16.6. The van der Waals surface area contributed by atoms with Crippen LogP contribution in [0.2, 0.25) is 0 Å².